The fourth-order valence-corrected chi connectivity index (χ4v) is 1.56. The molecule has 0 unspecified atom stereocenters. The van der Waals surface area contributed by atoms with E-state index in [-0.39, 0.29) is 5.69 Å². The van der Waals surface area contributed by atoms with E-state index in [0.29, 0.717) is 17.8 Å². The number of nitrogens with zero attached hydrogens (tertiary/aromatic N) is 4. The van der Waals surface area contributed by atoms with Gasteiger partial charge in [0.05, 0.1) is 6.54 Å². The molecule has 0 saturated heterocycles. The Morgan fingerprint density at radius 3 is 2.88 bits per heavy atom. The van der Waals surface area contributed by atoms with Crippen LogP contribution >= 0.6 is 0 Å². The fourth-order valence-electron chi connectivity index (χ4n) is 1.56. The first-order valence-corrected chi connectivity index (χ1v) is 4.97. The summed E-state index contributed by atoms with van der Waals surface area (Å²) in [6.07, 6.45) is 1.61. The molecule has 0 bridgehead atoms. The summed E-state index contributed by atoms with van der Waals surface area (Å²) in [6.45, 7) is 3.96. The van der Waals surface area contributed by atoms with Crippen molar-refractivity contribution in [1.82, 2.24) is 15.0 Å². The molecule has 17 heavy (non-hydrogen) atoms. The second-order valence-corrected chi connectivity index (χ2v) is 3.35. The first-order chi connectivity index (χ1) is 8.27. The molecule has 5 heteroatoms. The van der Waals surface area contributed by atoms with Gasteiger partial charge in [-0.1, -0.05) is 23.4 Å². The SMILES string of the molecule is C=CCn1nnc(C#N)c1-c1ccccc1F. The van der Waals surface area contributed by atoms with Gasteiger partial charge in [-0.05, 0) is 12.1 Å². The zero-order valence-electron chi connectivity index (χ0n) is 8.97. The van der Waals surface area contributed by atoms with Crippen molar-refractivity contribution in [3.05, 3.63) is 48.4 Å². The fraction of sp³-hybridized carbons (Fsp3) is 0.0833. The maximum atomic E-state index is 13.7. The molecule has 0 radical (unpaired) electrons. The van der Waals surface area contributed by atoms with Gasteiger partial charge in [0.25, 0.3) is 0 Å². The summed E-state index contributed by atoms with van der Waals surface area (Å²) in [4.78, 5) is 0. The van der Waals surface area contributed by atoms with Crippen LogP contribution in [0.2, 0.25) is 0 Å². The smallest absolute Gasteiger partial charge is 0.190 e. The third kappa shape index (κ3) is 1.93. The average molecular weight is 228 g/mol. The minimum Gasteiger partial charge on any atom is -0.239 e. The van der Waals surface area contributed by atoms with Crippen molar-refractivity contribution < 1.29 is 4.39 Å². The van der Waals surface area contributed by atoms with Crippen LogP contribution in [0.25, 0.3) is 11.3 Å². The van der Waals surface area contributed by atoms with Crippen LogP contribution in [0.3, 0.4) is 0 Å². The molecule has 0 amide bonds. The van der Waals surface area contributed by atoms with Gasteiger partial charge >= 0.3 is 0 Å². The zero-order valence-corrected chi connectivity index (χ0v) is 8.97. The third-order valence-electron chi connectivity index (χ3n) is 2.27. The Balaban J connectivity index is 2.65. The Hall–Kier alpha value is -2.48. The number of nitriles is 1. The molecule has 0 aliphatic carbocycles. The molecule has 2 aromatic rings. The quantitative estimate of drug-likeness (QED) is 0.756. The van der Waals surface area contributed by atoms with Gasteiger partial charge in [0, 0.05) is 5.56 Å². The van der Waals surface area contributed by atoms with Gasteiger partial charge < -0.3 is 0 Å². The molecule has 0 aliphatic rings. The number of aromatic nitrogens is 3. The van der Waals surface area contributed by atoms with Gasteiger partial charge in [-0.3, -0.25) is 0 Å². The summed E-state index contributed by atoms with van der Waals surface area (Å²) in [7, 11) is 0. The van der Waals surface area contributed by atoms with E-state index in [2.05, 4.69) is 16.9 Å². The minimum atomic E-state index is -0.406. The molecule has 1 heterocycles. The van der Waals surface area contributed by atoms with Crippen molar-refractivity contribution >= 4 is 0 Å². The van der Waals surface area contributed by atoms with E-state index in [9.17, 15) is 4.39 Å². The second kappa shape index (κ2) is 4.58. The van der Waals surface area contributed by atoms with Gasteiger partial charge in [0.15, 0.2) is 5.69 Å². The molecule has 0 saturated carbocycles. The van der Waals surface area contributed by atoms with Crippen molar-refractivity contribution in [3.63, 3.8) is 0 Å². The molecule has 1 aromatic heterocycles. The van der Waals surface area contributed by atoms with E-state index in [1.54, 1.807) is 24.3 Å². The van der Waals surface area contributed by atoms with Crippen molar-refractivity contribution in [2.75, 3.05) is 0 Å². The number of benzene rings is 1. The number of hydrogen-bond donors (Lipinski definition) is 0. The van der Waals surface area contributed by atoms with Crippen LogP contribution in [0.1, 0.15) is 5.69 Å². The number of rotatable bonds is 3. The summed E-state index contributed by atoms with van der Waals surface area (Å²) in [5.74, 6) is -0.406. The summed E-state index contributed by atoms with van der Waals surface area (Å²) in [6, 6.07) is 8.12. The predicted octanol–water partition coefficient (Wildman–Crippen LogP) is 2.14. The molecule has 0 spiro atoms. The minimum absolute atomic E-state index is 0.108. The van der Waals surface area contributed by atoms with Gasteiger partial charge in [-0.2, -0.15) is 5.26 Å². The lowest BCUT2D eigenvalue weighted by Gasteiger charge is -2.04. The van der Waals surface area contributed by atoms with E-state index >= 15 is 0 Å². The van der Waals surface area contributed by atoms with Crippen LogP contribution in [0.5, 0.6) is 0 Å². The second-order valence-electron chi connectivity index (χ2n) is 3.35. The summed E-state index contributed by atoms with van der Waals surface area (Å²) in [5.41, 5.74) is 0.804. The summed E-state index contributed by atoms with van der Waals surface area (Å²) < 4.78 is 15.1. The summed E-state index contributed by atoms with van der Waals surface area (Å²) in [5, 5.41) is 16.4. The van der Waals surface area contributed by atoms with Crippen molar-refractivity contribution in [2.24, 2.45) is 0 Å². The average Bonchev–Trinajstić information content (AvgIpc) is 2.73. The largest absolute Gasteiger partial charge is 0.239 e. The maximum Gasteiger partial charge on any atom is 0.190 e. The van der Waals surface area contributed by atoms with Crippen molar-refractivity contribution in [1.29, 1.82) is 5.26 Å². The molecule has 1 aromatic carbocycles. The van der Waals surface area contributed by atoms with E-state index in [1.165, 1.54) is 10.7 Å². The van der Waals surface area contributed by atoms with Crippen LogP contribution in [-0.4, -0.2) is 15.0 Å². The molecule has 0 atom stereocenters. The third-order valence-corrected chi connectivity index (χ3v) is 2.27. The molecule has 4 nitrogen and oxygen atoms in total. The normalized spacial score (nSPS) is 9.88. The molecular formula is C12H9FN4. The van der Waals surface area contributed by atoms with Crippen molar-refractivity contribution in [2.45, 2.75) is 6.54 Å². The molecule has 0 N–H and O–H groups in total. The first-order valence-electron chi connectivity index (χ1n) is 4.97. The molecule has 0 fully saturated rings. The van der Waals surface area contributed by atoms with Gasteiger partial charge in [-0.25, -0.2) is 9.07 Å². The Morgan fingerprint density at radius 2 is 2.24 bits per heavy atom. The highest BCUT2D eigenvalue weighted by atomic mass is 19.1. The first kappa shape index (κ1) is 11.0. The van der Waals surface area contributed by atoms with E-state index < -0.39 is 5.82 Å². The highest BCUT2D eigenvalue weighted by Crippen LogP contribution is 2.24. The zero-order chi connectivity index (χ0) is 12.3. The van der Waals surface area contributed by atoms with Crippen LogP contribution < -0.4 is 0 Å². The number of allylic oxidation sites excluding steroid dienone is 1. The highest BCUT2D eigenvalue weighted by molar-refractivity contribution is 5.65. The Morgan fingerprint density at radius 1 is 1.47 bits per heavy atom. The Labute approximate surface area is 97.6 Å². The lowest BCUT2D eigenvalue weighted by molar-refractivity contribution is 0.623. The molecular weight excluding hydrogens is 219 g/mol. The topological polar surface area (TPSA) is 54.5 Å². The lowest BCUT2D eigenvalue weighted by atomic mass is 10.1. The van der Waals surface area contributed by atoms with Crippen LogP contribution in [0, 0.1) is 17.1 Å². The van der Waals surface area contributed by atoms with Crippen LogP contribution in [-0.2, 0) is 6.54 Å². The molecule has 2 rings (SSSR count). The van der Waals surface area contributed by atoms with E-state index in [1.807, 2.05) is 6.07 Å². The standard InChI is InChI=1S/C12H9FN4/c1-2-7-17-12(11(8-14)15-16-17)9-5-3-4-6-10(9)13/h2-6H,1,7H2. The maximum absolute atomic E-state index is 13.7. The number of hydrogen-bond acceptors (Lipinski definition) is 3. The highest BCUT2D eigenvalue weighted by Gasteiger charge is 2.16. The van der Waals surface area contributed by atoms with Gasteiger partial charge in [0.2, 0.25) is 0 Å². The van der Waals surface area contributed by atoms with Gasteiger partial charge in [-0.15, -0.1) is 11.7 Å². The molecule has 0 aliphatic heterocycles. The number of halogens is 1. The van der Waals surface area contributed by atoms with Gasteiger partial charge in [0.1, 0.15) is 17.6 Å². The predicted molar refractivity (Wildman–Crippen MR) is 60.3 cm³/mol. The Kier molecular flexibility index (Phi) is 2.97. The van der Waals surface area contributed by atoms with Crippen LogP contribution in [0.4, 0.5) is 4.39 Å². The van der Waals surface area contributed by atoms with Crippen molar-refractivity contribution in [3.8, 4) is 17.3 Å². The monoisotopic (exact) mass is 228 g/mol. The Bertz CT molecular complexity index is 595. The lowest BCUT2D eigenvalue weighted by Crippen LogP contribution is -2.01. The molecule has 84 valence electrons. The van der Waals surface area contributed by atoms with E-state index in [0.717, 1.165) is 0 Å². The summed E-state index contributed by atoms with van der Waals surface area (Å²) >= 11 is 0. The van der Waals surface area contributed by atoms with E-state index in [4.69, 9.17) is 5.26 Å². The van der Waals surface area contributed by atoms with Crippen LogP contribution in [0.15, 0.2) is 36.9 Å².